The molecular weight excluding hydrogens is 371 g/mol. The molecule has 3 N–H and O–H groups in total. The van der Waals surface area contributed by atoms with Gasteiger partial charge in [0, 0.05) is 15.1 Å². The Morgan fingerprint density at radius 1 is 1.36 bits per heavy atom. The summed E-state index contributed by atoms with van der Waals surface area (Å²) in [7, 11) is 0. The first-order valence-electron chi connectivity index (χ1n) is 6.79. The van der Waals surface area contributed by atoms with Gasteiger partial charge in [0.15, 0.2) is 6.54 Å². The molecule has 6 heteroatoms. The number of carbonyl (C=O) groups is 1. The molecule has 1 amide bonds. The molecule has 3 nitrogen and oxygen atoms in total. The van der Waals surface area contributed by atoms with Gasteiger partial charge in [-0.15, -0.1) is 0 Å². The van der Waals surface area contributed by atoms with Crippen LogP contribution in [0.25, 0.3) is 0 Å². The van der Waals surface area contributed by atoms with Crippen molar-refractivity contribution in [1.82, 2.24) is 0 Å². The summed E-state index contributed by atoms with van der Waals surface area (Å²) in [6.45, 7) is 2.18. The van der Waals surface area contributed by atoms with Gasteiger partial charge in [0.1, 0.15) is 11.9 Å². The quantitative estimate of drug-likeness (QED) is 0.811. The van der Waals surface area contributed by atoms with Gasteiger partial charge in [-0.2, -0.15) is 0 Å². The minimum Gasteiger partial charge on any atom is -0.333 e. The van der Waals surface area contributed by atoms with Crippen molar-refractivity contribution in [3.8, 4) is 0 Å². The van der Waals surface area contributed by atoms with Gasteiger partial charge in [-0.1, -0.05) is 39.7 Å². The summed E-state index contributed by atoms with van der Waals surface area (Å²) in [5.74, 6) is -0.722. The van der Waals surface area contributed by atoms with E-state index in [0.29, 0.717) is 9.50 Å². The highest BCUT2D eigenvalue weighted by Gasteiger charge is 2.13. The molecule has 116 valence electrons. The lowest BCUT2D eigenvalue weighted by atomic mass is 10.1. The van der Waals surface area contributed by atoms with E-state index in [1.807, 2.05) is 30.4 Å². The summed E-state index contributed by atoms with van der Waals surface area (Å²) in [4.78, 5) is 11.9. The minimum atomic E-state index is -0.467. The van der Waals surface area contributed by atoms with Gasteiger partial charge in [0.05, 0.1) is 5.69 Å². The van der Waals surface area contributed by atoms with E-state index >= 15 is 0 Å². The molecule has 0 aromatic heterocycles. The van der Waals surface area contributed by atoms with Crippen LogP contribution in [0.1, 0.15) is 18.5 Å². The lowest BCUT2D eigenvalue weighted by molar-refractivity contribution is -0.682. The van der Waals surface area contributed by atoms with E-state index in [0.717, 1.165) is 5.56 Å². The predicted octanol–water partition coefficient (Wildman–Crippen LogP) is 3.50. The highest BCUT2D eigenvalue weighted by Crippen LogP contribution is 2.19. The van der Waals surface area contributed by atoms with Gasteiger partial charge in [-0.05, 0) is 37.3 Å². The molecule has 0 radical (unpaired) electrons. The maximum Gasteiger partial charge on any atom is 0.279 e. The minimum absolute atomic E-state index is 0.0826. The first-order chi connectivity index (χ1) is 10.5. The molecule has 0 saturated carbocycles. The van der Waals surface area contributed by atoms with Gasteiger partial charge in [-0.25, -0.2) is 4.39 Å². The van der Waals surface area contributed by atoms with Gasteiger partial charge in [0.2, 0.25) is 0 Å². The van der Waals surface area contributed by atoms with E-state index in [1.165, 1.54) is 12.1 Å². The zero-order chi connectivity index (χ0) is 16.1. The maximum atomic E-state index is 13.6. The zero-order valence-corrected chi connectivity index (χ0v) is 14.3. The number of hydrogen-bond acceptors (Lipinski definition) is 1. The second-order valence-electron chi connectivity index (χ2n) is 4.96. The third-order valence-corrected chi connectivity index (χ3v) is 3.96. The van der Waals surface area contributed by atoms with Crippen molar-refractivity contribution in [2.75, 3.05) is 11.9 Å². The van der Waals surface area contributed by atoms with Crippen LogP contribution in [-0.4, -0.2) is 12.5 Å². The molecule has 0 unspecified atom stereocenters. The Morgan fingerprint density at radius 3 is 2.82 bits per heavy atom. The van der Waals surface area contributed by atoms with Crippen molar-refractivity contribution < 1.29 is 14.5 Å². The first-order valence-corrected chi connectivity index (χ1v) is 7.96. The van der Waals surface area contributed by atoms with Gasteiger partial charge in [-0.3, -0.25) is 4.79 Å². The normalized spacial score (nSPS) is 12.0. The number of benzene rings is 2. The SMILES string of the molecule is C[C@@H]([NH2+]CC(=O)Nc1ccc(Br)cc1F)c1cccc(Cl)c1. The summed E-state index contributed by atoms with van der Waals surface area (Å²) in [5, 5.41) is 5.10. The number of nitrogens with two attached hydrogens (primary N) is 1. The average Bonchev–Trinajstić information content (AvgIpc) is 2.47. The fourth-order valence-electron chi connectivity index (χ4n) is 2.00. The Balaban J connectivity index is 1.90. The number of carbonyl (C=O) groups excluding carboxylic acids is 1. The van der Waals surface area contributed by atoms with E-state index in [4.69, 9.17) is 11.6 Å². The monoisotopic (exact) mass is 385 g/mol. The lowest BCUT2D eigenvalue weighted by Gasteiger charge is -2.12. The molecule has 2 aromatic carbocycles. The molecule has 0 aliphatic heterocycles. The molecule has 0 spiro atoms. The third kappa shape index (κ3) is 4.80. The Labute approximate surface area is 142 Å². The molecule has 2 aromatic rings. The molecule has 0 fully saturated rings. The molecule has 22 heavy (non-hydrogen) atoms. The second-order valence-corrected chi connectivity index (χ2v) is 6.31. The van der Waals surface area contributed by atoms with E-state index < -0.39 is 5.82 Å². The van der Waals surface area contributed by atoms with Crippen molar-refractivity contribution in [2.45, 2.75) is 13.0 Å². The molecule has 0 aliphatic rings. The van der Waals surface area contributed by atoms with Crippen LogP contribution in [0.15, 0.2) is 46.9 Å². The van der Waals surface area contributed by atoms with E-state index in [-0.39, 0.29) is 24.2 Å². The number of anilines is 1. The number of nitrogens with one attached hydrogen (secondary N) is 1. The molecule has 0 heterocycles. The number of rotatable bonds is 5. The summed E-state index contributed by atoms with van der Waals surface area (Å²) in [6.07, 6.45) is 0. The fraction of sp³-hybridized carbons (Fsp3) is 0.188. The largest absolute Gasteiger partial charge is 0.333 e. The summed E-state index contributed by atoms with van der Waals surface area (Å²) in [5.41, 5.74) is 1.21. The molecular formula is C16H16BrClFN2O+. The van der Waals surface area contributed by atoms with Gasteiger partial charge >= 0.3 is 0 Å². The fourth-order valence-corrected chi connectivity index (χ4v) is 2.53. The van der Waals surface area contributed by atoms with Gasteiger partial charge in [0.25, 0.3) is 5.91 Å². The Morgan fingerprint density at radius 2 is 2.14 bits per heavy atom. The molecule has 0 bridgehead atoms. The van der Waals surface area contributed by atoms with Crippen LogP contribution in [0.2, 0.25) is 5.02 Å². The van der Waals surface area contributed by atoms with Crippen LogP contribution in [-0.2, 0) is 4.79 Å². The van der Waals surface area contributed by atoms with E-state index in [9.17, 15) is 9.18 Å². The number of quaternary nitrogens is 1. The van der Waals surface area contributed by atoms with Crippen LogP contribution in [0.5, 0.6) is 0 Å². The predicted molar refractivity (Wildman–Crippen MR) is 89.4 cm³/mol. The van der Waals surface area contributed by atoms with Crippen molar-refractivity contribution in [2.24, 2.45) is 0 Å². The van der Waals surface area contributed by atoms with Crippen molar-refractivity contribution in [1.29, 1.82) is 0 Å². The highest BCUT2D eigenvalue weighted by molar-refractivity contribution is 9.10. The molecule has 0 saturated heterocycles. The summed E-state index contributed by atoms with van der Waals surface area (Å²) >= 11 is 9.12. The second kappa shape index (κ2) is 7.72. The van der Waals surface area contributed by atoms with E-state index in [2.05, 4.69) is 21.2 Å². The Kier molecular flexibility index (Phi) is 5.94. The topological polar surface area (TPSA) is 45.7 Å². The zero-order valence-electron chi connectivity index (χ0n) is 11.9. The van der Waals surface area contributed by atoms with Crippen LogP contribution in [0, 0.1) is 5.82 Å². The smallest absolute Gasteiger partial charge is 0.279 e. The van der Waals surface area contributed by atoms with Crippen LogP contribution < -0.4 is 10.6 Å². The third-order valence-electron chi connectivity index (χ3n) is 3.24. The van der Waals surface area contributed by atoms with E-state index in [1.54, 1.807) is 12.1 Å². The summed E-state index contributed by atoms with van der Waals surface area (Å²) in [6, 6.07) is 12.1. The number of amides is 1. The molecule has 0 aliphatic carbocycles. The molecule has 1 atom stereocenters. The van der Waals surface area contributed by atoms with Gasteiger partial charge < -0.3 is 10.6 Å². The van der Waals surface area contributed by atoms with Crippen molar-refractivity contribution >= 4 is 39.1 Å². The maximum absolute atomic E-state index is 13.6. The average molecular weight is 387 g/mol. The highest BCUT2D eigenvalue weighted by atomic mass is 79.9. The Bertz CT molecular complexity index is 681. The van der Waals surface area contributed by atoms with Crippen LogP contribution >= 0.6 is 27.5 Å². The number of hydrogen-bond donors (Lipinski definition) is 2. The first kappa shape index (κ1) is 16.9. The van der Waals surface area contributed by atoms with Crippen molar-refractivity contribution in [3.63, 3.8) is 0 Å². The van der Waals surface area contributed by atoms with Crippen LogP contribution in [0.3, 0.4) is 0 Å². The number of halogens is 3. The lowest BCUT2D eigenvalue weighted by Crippen LogP contribution is -2.86. The summed E-state index contributed by atoms with van der Waals surface area (Å²) < 4.78 is 14.3. The molecule has 2 rings (SSSR count). The van der Waals surface area contributed by atoms with Crippen LogP contribution in [0.4, 0.5) is 10.1 Å². The standard InChI is InChI=1S/C16H15BrClFN2O/c1-10(11-3-2-4-13(18)7-11)20-9-16(22)21-15-6-5-12(17)8-14(15)19/h2-8,10,20H,9H2,1H3,(H,21,22)/p+1/t10-/m1/s1. The Hall–Kier alpha value is -1.43. The van der Waals surface area contributed by atoms with Crippen molar-refractivity contribution in [3.05, 3.63) is 63.3 Å².